The number of hydrogen-bond donors (Lipinski definition) is 0. The van der Waals surface area contributed by atoms with Gasteiger partial charge < -0.3 is 18.8 Å². The molecule has 1 amide bonds. The molecule has 1 unspecified atom stereocenters. The second-order valence-corrected chi connectivity index (χ2v) is 8.35. The Morgan fingerprint density at radius 3 is 2.63 bits per heavy atom. The number of carbonyl (C=O) groups excluding carboxylic acids is 1. The molecule has 0 saturated carbocycles. The van der Waals surface area contributed by atoms with Crippen LogP contribution < -0.4 is 14.9 Å². The molecule has 178 valence electrons. The van der Waals surface area contributed by atoms with Gasteiger partial charge in [0.05, 0.1) is 30.2 Å². The van der Waals surface area contributed by atoms with Gasteiger partial charge in [0.25, 0.3) is 5.91 Å². The van der Waals surface area contributed by atoms with Gasteiger partial charge in [-0.25, -0.2) is 0 Å². The fourth-order valence-corrected chi connectivity index (χ4v) is 4.46. The number of nitrogens with zero attached hydrogens (tertiary/aromatic N) is 2. The van der Waals surface area contributed by atoms with Crippen molar-refractivity contribution in [3.05, 3.63) is 99.7 Å². The van der Waals surface area contributed by atoms with Crippen LogP contribution >= 0.6 is 0 Å². The van der Waals surface area contributed by atoms with Gasteiger partial charge in [-0.05, 0) is 54.8 Å². The lowest BCUT2D eigenvalue weighted by atomic mass is 9.98. The summed E-state index contributed by atoms with van der Waals surface area (Å²) in [4.78, 5) is 33.1. The summed E-state index contributed by atoms with van der Waals surface area (Å²) in [7, 11) is 0. The van der Waals surface area contributed by atoms with Crippen molar-refractivity contribution in [2.45, 2.75) is 32.9 Å². The number of fused-ring (bicyclic) bond motifs is 2. The van der Waals surface area contributed by atoms with Gasteiger partial charge >= 0.3 is 0 Å². The van der Waals surface area contributed by atoms with Crippen LogP contribution in [0.2, 0.25) is 0 Å². The average molecular weight is 471 g/mol. The molecule has 0 spiro atoms. The third-order valence-corrected chi connectivity index (χ3v) is 5.99. The molecular formula is C28H26N2O5. The van der Waals surface area contributed by atoms with Gasteiger partial charge in [0.1, 0.15) is 5.58 Å². The van der Waals surface area contributed by atoms with E-state index in [1.54, 1.807) is 41.6 Å². The van der Waals surface area contributed by atoms with Crippen LogP contribution in [0.1, 0.15) is 53.6 Å². The van der Waals surface area contributed by atoms with E-state index in [1.165, 1.54) is 0 Å². The summed E-state index contributed by atoms with van der Waals surface area (Å²) in [5.74, 6) is 0.949. The molecule has 7 nitrogen and oxygen atoms in total. The first-order valence-corrected chi connectivity index (χ1v) is 11.8. The number of benzene rings is 2. The van der Waals surface area contributed by atoms with Gasteiger partial charge in [0.2, 0.25) is 5.76 Å². The second kappa shape index (κ2) is 9.62. The van der Waals surface area contributed by atoms with Gasteiger partial charge in [0, 0.05) is 18.9 Å². The maximum Gasteiger partial charge on any atom is 0.291 e. The summed E-state index contributed by atoms with van der Waals surface area (Å²) in [5, 5.41) is 0.445. The molecule has 0 saturated heterocycles. The number of carbonyl (C=O) groups is 1. The van der Waals surface area contributed by atoms with Crippen LogP contribution in [0.5, 0.6) is 11.5 Å². The Morgan fingerprint density at radius 2 is 1.86 bits per heavy atom. The Labute approximate surface area is 202 Å². The molecule has 4 aromatic rings. The molecule has 1 aliphatic rings. The zero-order valence-corrected chi connectivity index (χ0v) is 19.7. The minimum atomic E-state index is -0.641. The van der Waals surface area contributed by atoms with E-state index in [2.05, 4.69) is 4.98 Å². The van der Waals surface area contributed by atoms with Crippen LogP contribution in [0.3, 0.4) is 0 Å². The maximum atomic E-state index is 13.7. The lowest BCUT2D eigenvalue weighted by Crippen LogP contribution is -2.29. The minimum absolute atomic E-state index is 0.0758. The van der Waals surface area contributed by atoms with Crippen LogP contribution in [0.4, 0.5) is 0 Å². The van der Waals surface area contributed by atoms with Crippen molar-refractivity contribution in [2.75, 3.05) is 13.2 Å². The zero-order valence-electron chi connectivity index (χ0n) is 19.7. The number of ether oxygens (including phenoxy) is 2. The molecule has 0 fully saturated rings. The van der Waals surface area contributed by atoms with Crippen LogP contribution in [0, 0.1) is 0 Å². The highest BCUT2D eigenvalue weighted by Crippen LogP contribution is 2.41. The molecule has 1 atom stereocenters. The molecule has 7 heteroatoms. The van der Waals surface area contributed by atoms with Crippen LogP contribution in [-0.2, 0) is 6.54 Å². The Balaban J connectivity index is 1.68. The van der Waals surface area contributed by atoms with E-state index in [9.17, 15) is 9.59 Å². The van der Waals surface area contributed by atoms with Crippen molar-refractivity contribution in [3.63, 3.8) is 0 Å². The fraction of sp³-hybridized carbons (Fsp3) is 0.250. The van der Waals surface area contributed by atoms with Crippen LogP contribution in [-0.4, -0.2) is 29.0 Å². The number of hydrogen-bond acceptors (Lipinski definition) is 6. The summed E-state index contributed by atoms with van der Waals surface area (Å²) in [6.07, 6.45) is 4.26. The maximum absolute atomic E-state index is 13.7. The summed E-state index contributed by atoms with van der Waals surface area (Å²) >= 11 is 0. The molecule has 1 aliphatic heterocycles. The Kier molecular flexibility index (Phi) is 6.23. The van der Waals surface area contributed by atoms with Crippen molar-refractivity contribution in [1.29, 1.82) is 0 Å². The fourth-order valence-electron chi connectivity index (χ4n) is 4.46. The van der Waals surface area contributed by atoms with Crippen molar-refractivity contribution in [3.8, 4) is 11.5 Å². The first-order chi connectivity index (χ1) is 17.1. The van der Waals surface area contributed by atoms with Gasteiger partial charge in [-0.2, -0.15) is 0 Å². The number of amides is 1. The second-order valence-electron chi connectivity index (χ2n) is 8.35. The largest absolute Gasteiger partial charge is 0.490 e. The normalized spacial score (nSPS) is 14.9. The predicted molar refractivity (Wildman–Crippen MR) is 132 cm³/mol. The van der Waals surface area contributed by atoms with Gasteiger partial charge in [-0.1, -0.05) is 31.2 Å². The van der Waals surface area contributed by atoms with E-state index in [0.29, 0.717) is 41.2 Å². The first-order valence-electron chi connectivity index (χ1n) is 11.8. The van der Waals surface area contributed by atoms with E-state index in [1.807, 2.05) is 44.2 Å². The summed E-state index contributed by atoms with van der Waals surface area (Å²) in [6.45, 7) is 5.23. The third-order valence-electron chi connectivity index (χ3n) is 5.99. The summed E-state index contributed by atoms with van der Waals surface area (Å²) < 4.78 is 17.7. The highest BCUT2D eigenvalue weighted by molar-refractivity contribution is 5.99. The average Bonchev–Trinajstić information content (AvgIpc) is 3.15. The Morgan fingerprint density at radius 1 is 1.00 bits per heavy atom. The first kappa shape index (κ1) is 22.7. The summed E-state index contributed by atoms with van der Waals surface area (Å²) in [6, 6.07) is 15.7. The topological polar surface area (TPSA) is 81.9 Å². The molecular weight excluding hydrogens is 444 g/mol. The number of aromatic nitrogens is 1. The monoisotopic (exact) mass is 470 g/mol. The van der Waals surface area contributed by atoms with E-state index in [4.69, 9.17) is 13.9 Å². The van der Waals surface area contributed by atoms with Gasteiger partial charge in [0.15, 0.2) is 16.9 Å². The van der Waals surface area contributed by atoms with Crippen LogP contribution in [0.25, 0.3) is 11.0 Å². The number of pyridine rings is 1. The van der Waals surface area contributed by atoms with Crippen molar-refractivity contribution >= 4 is 16.9 Å². The number of para-hydroxylation sites is 1. The minimum Gasteiger partial charge on any atom is -0.490 e. The number of rotatable bonds is 8. The smallest absolute Gasteiger partial charge is 0.291 e. The summed E-state index contributed by atoms with van der Waals surface area (Å²) in [5.41, 5.74) is 2.12. The lowest BCUT2D eigenvalue weighted by Gasteiger charge is -2.26. The van der Waals surface area contributed by atoms with E-state index < -0.39 is 6.04 Å². The highest BCUT2D eigenvalue weighted by atomic mass is 16.5. The molecule has 2 aromatic carbocycles. The zero-order chi connectivity index (χ0) is 24.4. The highest BCUT2D eigenvalue weighted by Gasteiger charge is 2.43. The van der Waals surface area contributed by atoms with E-state index in [-0.39, 0.29) is 23.6 Å². The molecule has 5 rings (SSSR count). The molecule has 3 heterocycles. The SMILES string of the molecule is CCCOc1ccc(C2c3c(oc4ccccc4c3=O)C(=O)N2Cc2cccnc2)cc1OCC. The molecule has 0 radical (unpaired) electrons. The van der Waals surface area contributed by atoms with E-state index >= 15 is 0 Å². The Bertz CT molecular complexity index is 1430. The van der Waals surface area contributed by atoms with Crippen molar-refractivity contribution in [1.82, 2.24) is 9.88 Å². The molecule has 2 aromatic heterocycles. The van der Waals surface area contributed by atoms with Crippen molar-refractivity contribution in [2.24, 2.45) is 0 Å². The van der Waals surface area contributed by atoms with E-state index in [0.717, 1.165) is 17.5 Å². The standard InChI is InChI=1S/C28H26N2O5/c1-3-14-34-22-12-11-19(15-23(22)33-4-2)25-24-26(31)20-9-5-6-10-21(20)35-27(24)28(32)30(25)17-18-8-7-13-29-16-18/h5-13,15-16,25H,3-4,14,17H2,1-2H3. The van der Waals surface area contributed by atoms with Gasteiger partial charge in [-0.15, -0.1) is 0 Å². The van der Waals surface area contributed by atoms with Crippen molar-refractivity contribution < 1.29 is 18.7 Å². The molecule has 0 N–H and O–H groups in total. The predicted octanol–water partition coefficient (Wildman–Crippen LogP) is 5.12. The molecule has 35 heavy (non-hydrogen) atoms. The third kappa shape index (κ3) is 4.14. The quantitative estimate of drug-likeness (QED) is 0.355. The molecule has 0 aliphatic carbocycles. The van der Waals surface area contributed by atoms with Gasteiger partial charge in [-0.3, -0.25) is 14.6 Å². The molecule has 0 bridgehead atoms. The lowest BCUT2D eigenvalue weighted by molar-refractivity contribution is 0.0714. The van der Waals surface area contributed by atoms with Crippen LogP contribution in [0.15, 0.2) is 76.2 Å². The Hall–Kier alpha value is -4.13.